The number of rotatable bonds is 7. The van der Waals surface area contributed by atoms with Crippen LogP contribution < -0.4 is 14.2 Å². The van der Waals surface area contributed by atoms with Gasteiger partial charge in [0.2, 0.25) is 0 Å². The van der Waals surface area contributed by atoms with Crippen LogP contribution in [0, 0.1) is 10.1 Å². The van der Waals surface area contributed by atoms with Gasteiger partial charge in [0.1, 0.15) is 5.75 Å². The monoisotopic (exact) mass is 498 g/mol. The van der Waals surface area contributed by atoms with E-state index in [9.17, 15) is 14.9 Å². The first-order valence-electron chi connectivity index (χ1n) is 11.9. The van der Waals surface area contributed by atoms with Gasteiger partial charge in [0.15, 0.2) is 18.1 Å². The van der Waals surface area contributed by atoms with Crippen LogP contribution in [0.1, 0.15) is 22.7 Å². The summed E-state index contributed by atoms with van der Waals surface area (Å²) in [6.07, 6.45) is 0.598. The number of non-ortho nitro benzene ring substituents is 1. The van der Waals surface area contributed by atoms with Crippen LogP contribution >= 0.6 is 0 Å². The minimum absolute atomic E-state index is 0.0375. The smallest absolute Gasteiger partial charge is 0.269 e. The van der Waals surface area contributed by atoms with E-state index in [1.807, 2.05) is 54.6 Å². The number of hydrogen-bond donors (Lipinski definition) is 0. The maximum atomic E-state index is 13.6. The molecule has 1 aliphatic heterocycles. The summed E-state index contributed by atoms with van der Waals surface area (Å²) in [5.74, 6) is 1.53. The summed E-state index contributed by atoms with van der Waals surface area (Å²) in [7, 11) is 3.13. The molecule has 0 saturated heterocycles. The lowest BCUT2D eigenvalue weighted by Gasteiger charge is -2.38. The fourth-order valence-electron chi connectivity index (χ4n) is 4.93. The molecule has 4 aromatic rings. The molecule has 4 aromatic carbocycles. The minimum atomic E-state index is -0.549. The normalized spacial score (nSPS) is 14.6. The maximum absolute atomic E-state index is 13.6. The number of hydrogen-bond acceptors (Lipinski definition) is 6. The first kappa shape index (κ1) is 24.1. The number of amides is 1. The molecule has 188 valence electrons. The van der Waals surface area contributed by atoms with Crippen LogP contribution in [0.5, 0.6) is 17.2 Å². The number of nitro groups is 1. The van der Waals surface area contributed by atoms with E-state index in [-0.39, 0.29) is 18.2 Å². The number of fused-ring (bicyclic) bond motifs is 2. The van der Waals surface area contributed by atoms with E-state index < -0.39 is 11.0 Å². The van der Waals surface area contributed by atoms with E-state index in [1.54, 1.807) is 31.3 Å². The van der Waals surface area contributed by atoms with Crippen molar-refractivity contribution in [1.29, 1.82) is 0 Å². The summed E-state index contributed by atoms with van der Waals surface area (Å²) < 4.78 is 17.0. The molecule has 0 radical (unpaired) electrons. The molecule has 1 aliphatic rings. The third-order valence-corrected chi connectivity index (χ3v) is 6.69. The van der Waals surface area contributed by atoms with Gasteiger partial charge >= 0.3 is 0 Å². The van der Waals surface area contributed by atoms with E-state index in [0.29, 0.717) is 35.8 Å². The van der Waals surface area contributed by atoms with Crippen LogP contribution in [-0.4, -0.2) is 43.1 Å². The summed E-state index contributed by atoms with van der Waals surface area (Å²) >= 11 is 0. The zero-order chi connectivity index (χ0) is 25.9. The summed E-state index contributed by atoms with van der Waals surface area (Å²) in [6.45, 7) is 0.260. The van der Waals surface area contributed by atoms with E-state index in [1.165, 1.54) is 12.1 Å². The van der Waals surface area contributed by atoms with Crippen LogP contribution in [0.3, 0.4) is 0 Å². The van der Waals surface area contributed by atoms with Gasteiger partial charge in [-0.1, -0.05) is 48.5 Å². The van der Waals surface area contributed by atoms with Crippen molar-refractivity contribution in [2.24, 2.45) is 0 Å². The highest BCUT2D eigenvalue weighted by molar-refractivity contribution is 5.88. The molecule has 8 nitrogen and oxygen atoms in total. The van der Waals surface area contributed by atoms with E-state index in [4.69, 9.17) is 14.2 Å². The molecule has 1 heterocycles. The third-order valence-electron chi connectivity index (χ3n) is 6.69. The SMILES string of the molecule is COc1cc2c(cc1OC)C(c1cccc([N+](=O)[O-])c1)N(C(=O)COc1cccc3ccccc13)CC2. The first-order valence-corrected chi connectivity index (χ1v) is 11.9. The summed E-state index contributed by atoms with van der Waals surface area (Å²) in [4.78, 5) is 26.4. The molecular formula is C29H26N2O6. The van der Waals surface area contributed by atoms with Crippen molar-refractivity contribution in [3.05, 3.63) is 106 Å². The number of carbonyl (C=O) groups excluding carboxylic acids is 1. The Bertz CT molecular complexity index is 1480. The Morgan fingerprint density at radius 1 is 0.946 bits per heavy atom. The summed E-state index contributed by atoms with van der Waals surface area (Å²) in [6, 6.07) is 23.2. The first-order chi connectivity index (χ1) is 18.0. The maximum Gasteiger partial charge on any atom is 0.269 e. The van der Waals surface area contributed by atoms with Crippen molar-refractivity contribution in [3.63, 3.8) is 0 Å². The van der Waals surface area contributed by atoms with E-state index in [2.05, 4.69) is 0 Å². The zero-order valence-electron chi connectivity index (χ0n) is 20.5. The van der Waals surface area contributed by atoms with Gasteiger partial charge in [0.05, 0.1) is 25.2 Å². The van der Waals surface area contributed by atoms with Crippen LogP contribution in [0.25, 0.3) is 10.8 Å². The Hall–Kier alpha value is -4.59. The second-order valence-electron chi connectivity index (χ2n) is 8.76. The highest BCUT2D eigenvalue weighted by Gasteiger charge is 2.34. The molecule has 1 amide bonds. The number of ether oxygens (including phenoxy) is 3. The van der Waals surface area contributed by atoms with Gasteiger partial charge in [-0.2, -0.15) is 0 Å². The number of nitro benzene ring substituents is 1. The number of carbonyl (C=O) groups is 1. The number of benzene rings is 4. The second-order valence-corrected chi connectivity index (χ2v) is 8.76. The van der Waals surface area contributed by atoms with E-state index in [0.717, 1.165) is 21.9 Å². The molecule has 0 spiro atoms. The average molecular weight is 499 g/mol. The van der Waals surface area contributed by atoms with Gasteiger partial charge in [-0.15, -0.1) is 0 Å². The Morgan fingerprint density at radius 2 is 1.68 bits per heavy atom. The van der Waals surface area contributed by atoms with E-state index >= 15 is 0 Å². The van der Waals surface area contributed by atoms with Gasteiger partial charge in [-0.25, -0.2) is 0 Å². The van der Waals surface area contributed by atoms with Gasteiger partial charge in [0, 0.05) is 24.1 Å². The lowest BCUT2D eigenvalue weighted by atomic mass is 9.87. The molecule has 1 unspecified atom stereocenters. The minimum Gasteiger partial charge on any atom is -0.493 e. The molecule has 0 N–H and O–H groups in total. The Morgan fingerprint density at radius 3 is 2.46 bits per heavy atom. The van der Waals surface area contributed by atoms with Crippen molar-refractivity contribution in [2.75, 3.05) is 27.4 Å². The van der Waals surface area contributed by atoms with Crippen molar-refractivity contribution in [1.82, 2.24) is 4.90 Å². The average Bonchev–Trinajstić information content (AvgIpc) is 2.94. The van der Waals surface area contributed by atoms with Gasteiger partial charge < -0.3 is 19.1 Å². The molecule has 8 heteroatoms. The molecule has 5 rings (SSSR count). The lowest BCUT2D eigenvalue weighted by molar-refractivity contribution is -0.384. The fourth-order valence-corrected chi connectivity index (χ4v) is 4.93. The van der Waals surface area contributed by atoms with Crippen LogP contribution in [-0.2, 0) is 11.2 Å². The van der Waals surface area contributed by atoms with Crippen molar-refractivity contribution < 1.29 is 23.9 Å². The molecular weight excluding hydrogens is 472 g/mol. The number of nitrogens with zero attached hydrogens (tertiary/aromatic N) is 2. The predicted molar refractivity (Wildman–Crippen MR) is 139 cm³/mol. The third kappa shape index (κ3) is 4.65. The molecule has 1 atom stereocenters. The quantitative estimate of drug-likeness (QED) is 0.253. The topological polar surface area (TPSA) is 91.1 Å². The highest BCUT2D eigenvalue weighted by atomic mass is 16.6. The number of methoxy groups -OCH3 is 2. The predicted octanol–water partition coefficient (Wildman–Crippen LogP) is 5.32. The molecule has 0 saturated carbocycles. The fraction of sp³-hybridized carbons (Fsp3) is 0.207. The lowest BCUT2D eigenvalue weighted by Crippen LogP contribution is -2.43. The van der Waals surface area contributed by atoms with Crippen LogP contribution in [0.4, 0.5) is 5.69 Å². The highest BCUT2D eigenvalue weighted by Crippen LogP contribution is 2.41. The van der Waals surface area contributed by atoms with Gasteiger partial charge in [-0.3, -0.25) is 14.9 Å². The largest absolute Gasteiger partial charge is 0.493 e. The molecule has 37 heavy (non-hydrogen) atoms. The summed E-state index contributed by atoms with van der Waals surface area (Å²) in [5, 5.41) is 13.5. The van der Waals surface area contributed by atoms with Gasteiger partial charge in [-0.05, 0) is 46.7 Å². The Labute approximate surface area is 214 Å². The van der Waals surface area contributed by atoms with Crippen LogP contribution in [0.15, 0.2) is 78.9 Å². The zero-order valence-corrected chi connectivity index (χ0v) is 20.5. The van der Waals surface area contributed by atoms with Crippen molar-refractivity contribution in [3.8, 4) is 17.2 Å². The summed E-state index contributed by atoms with van der Waals surface area (Å²) in [5.41, 5.74) is 2.43. The van der Waals surface area contributed by atoms with Crippen molar-refractivity contribution in [2.45, 2.75) is 12.5 Å². The van der Waals surface area contributed by atoms with Crippen LogP contribution in [0.2, 0.25) is 0 Å². The Kier molecular flexibility index (Phi) is 6.64. The Balaban J connectivity index is 1.52. The molecule has 0 fully saturated rings. The van der Waals surface area contributed by atoms with Crippen molar-refractivity contribution >= 4 is 22.4 Å². The standard InChI is InChI=1S/C29H26N2O6/c1-35-26-16-20-13-14-30(28(32)18-37-25-12-6-8-19-7-3-4-11-23(19)25)29(24(20)17-27(26)36-2)21-9-5-10-22(15-21)31(33)34/h3-12,15-17,29H,13-14,18H2,1-2H3. The molecule has 0 aromatic heterocycles. The molecule has 0 aliphatic carbocycles. The molecule has 0 bridgehead atoms. The van der Waals surface area contributed by atoms with Gasteiger partial charge in [0.25, 0.3) is 11.6 Å². The second kappa shape index (κ2) is 10.2.